The molecule has 0 heterocycles. The maximum Gasteiger partial charge on any atom is 0.0708 e. The van der Waals surface area contributed by atoms with Gasteiger partial charge in [-0.05, 0) is 31.7 Å². The lowest BCUT2D eigenvalue weighted by Crippen LogP contribution is -2.36. The normalized spacial score (nSPS) is 15.2. The van der Waals surface area contributed by atoms with Gasteiger partial charge in [0.15, 0.2) is 0 Å². The number of rotatable bonds is 4. The largest absolute Gasteiger partial charge is 0.389 e. The van der Waals surface area contributed by atoms with Gasteiger partial charge in [-0.2, -0.15) is 0 Å². The zero-order valence-electron chi connectivity index (χ0n) is 11.2. The molecule has 1 unspecified atom stereocenters. The van der Waals surface area contributed by atoms with Crippen molar-refractivity contribution in [2.75, 3.05) is 0 Å². The highest BCUT2D eigenvalue weighted by Gasteiger charge is 2.28. The molecule has 0 amide bonds. The maximum atomic E-state index is 10.5. The average molecular weight is 220 g/mol. The summed E-state index contributed by atoms with van der Waals surface area (Å²) in [6.07, 6.45) is 1.56. The summed E-state index contributed by atoms with van der Waals surface area (Å²) in [4.78, 5) is 0. The van der Waals surface area contributed by atoms with Crippen LogP contribution in [0.3, 0.4) is 0 Å². The van der Waals surface area contributed by atoms with Gasteiger partial charge in [-0.15, -0.1) is 0 Å². The smallest absolute Gasteiger partial charge is 0.0708 e. The van der Waals surface area contributed by atoms with Gasteiger partial charge in [0.1, 0.15) is 0 Å². The van der Waals surface area contributed by atoms with Crippen LogP contribution in [0.15, 0.2) is 18.2 Å². The van der Waals surface area contributed by atoms with Crippen LogP contribution in [0.1, 0.15) is 43.9 Å². The third-order valence-electron chi connectivity index (χ3n) is 3.48. The molecule has 0 aromatic heterocycles. The molecule has 0 bridgehead atoms. The number of hydrogen-bond donors (Lipinski definition) is 1. The summed E-state index contributed by atoms with van der Waals surface area (Å²) in [6, 6.07) is 6.52. The molecular formula is C15H24O. The molecule has 0 fully saturated rings. The van der Waals surface area contributed by atoms with E-state index in [1.165, 1.54) is 16.7 Å². The van der Waals surface area contributed by atoms with Gasteiger partial charge in [0.2, 0.25) is 0 Å². The fraction of sp³-hybridized carbons (Fsp3) is 0.600. The molecule has 90 valence electrons. The van der Waals surface area contributed by atoms with Crippen molar-refractivity contribution in [1.29, 1.82) is 0 Å². The molecule has 1 N–H and O–H groups in total. The lowest BCUT2D eigenvalue weighted by molar-refractivity contribution is -0.00829. The van der Waals surface area contributed by atoms with E-state index >= 15 is 0 Å². The third-order valence-corrected chi connectivity index (χ3v) is 3.48. The van der Waals surface area contributed by atoms with Gasteiger partial charge in [0.25, 0.3) is 0 Å². The van der Waals surface area contributed by atoms with Gasteiger partial charge < -0.3 is 5.11 Å². The Morgan fingerprint density at radius 2 is 1.62 bits per heavy atom. The van der Waals surface area contributed by atoms with Crippen LogP contribution in [0.25, 0.3) is 0 Å². The Morgan fingerprint density at radius 3 is 2.00 bits per heavy atom. The van der Waals surface area contributed by atoms with E-state index in [1.54, 1.807) is 0 Å². The lowest BCUT2D eigenvalue weighted by Gasteiger charge is -2.31. The SMILES string of the molecule is CCC(O)(Cc1cc(C)cc(C)c1)C(C)C. The van der Waals surface area contributed by atoms with Crippen molar-refractivity contribution in [3.63, 3.8) is 0 Å². The average Bonchev–Trinajstić information content (AvgIpc) is 2.15. The minimum atomic E-state index is -0.569. The van der Waals surface area contributed by atoms with Gasteiger partial charge in [-0.25, -0.2) is 0 Å². The van der Waals surface area contributed by atoms with Crippen molar-refractivity contribution in [2.24, 2.45) is 5.92 Å². The minimum absolute atomic E-state index is 0.290. The van der Waals surface area contributed by atoms with E-state index in [1.807, 2.05) is 0 Å². The Hall–Kier alpha value is -0.820. The van der Waals surface area contributed by atoms with E-state index < -0.39 is 5.60 Å². The minimum Gasteiger partial charge on any atom is -0.389 e. The van der Waals surface area contributed by atoms with Crippen molar-refractivity contribution < 1.29 is 5.11 Å². The number of hydrogen-bond acceptors (Lipinski definition) is 1. The van der Waals surface area contributed by atoms with Crippen LogP contribution in [0.5, 0.6) is 0 Å². The molecule has 0 spiro atoms. The molecule has 1 rings (SSSR count). The Balaban J connectivity index is 2.94. The second kappa shape index (κ2) is 5.01. The highest BCUT2D eigenvalue weighted by molar-refractivity contribution is 5.29. The third kappa shape index (κ3) is 3.08. The van der Waals surface area contributed by atoms with Crippen molar-refractivity contribution in [2.45, 2.75) is 53.1 Å². The molecule has 0 aliphatic heterocycles. The van der Waals surface area contributed by atoms with Gasteiger partial charge in [-0.1, -0.05) is 50.1 Å². The van der Waals surface area contributed by atoms with Crippen LogP contribution in [-0.2, 0) is 6.42 Å². The summed E-state index contributed by atoms with van der Waals surface area (Å²) < 4.78 is 0. The molecule has 1 aromatic rings. The molecule has 1 atom stereocenters. The summed E-state index contributed by atoms with van der Waals surface area (Å²) in [5, 5.41) is 10.5. The fourth-order valence-electron chi connectivity index (χ4n) is 2.26. The predicted molar refractivity (Wildman–Crippen MR) is 69.7 cm³/mol. The standard InChI is InChI=1S/C15H24O/c1-6-15(16,11(2)3)10-14-8-12(4)7-13(5)9-14/h7-9,11,16H,6,10H2,1-5H3. The maximum absolute atomic E-state index is 10.5. The van der Waals surface area contributed by atoms with E-state index in [-0.39, 0.29) is 0 Å². The molecule has 0 radical (unpaired) electrons. The molecule has 1 aromatic carbocycles. The van der Waals surface area contributed by atoms with Crippen LogP contribution in [0.2, 0.25) is 0 Å². The Bertz CT molecular complexity index is 334. The van der Waals surface area contributed by atoms with Crippen molar-refractivity contribution >= 4 is 0 Å². The first-order chi connectivity index (χ1) is 7.37. The van der Waals surface area contributed by atoms with E-state index in [4.69, 9.17) is 0 Å². The van der Waals surface area contributed by atoms with Crippen LogP contribution in [0, 0.1) is 19.8 Å². The second-order valence-corrected chi connectivity index (χ2v) is 5.28. The first-order valence-corrected chi connectivity index (χ1v) is 6.17. The Kier molecular flexibility index (Phi) is 4.15. The van der Waals surface area contributed by atoms with Crippen LogP contribution in [-0.4, -0.2) is 10.7 Å². The quantitative estimate of drug-likeness (QED) is 0.821. The molecule has 1 nitrogen and oxygen atoms in total. The summed E-state index contributed by atoms with van der Waals surface area (Å²) in [7, 11) is 0. The van der Waals surface area contributed by atoms with E-state index in [2.05, 4.69) is 52.8 Å². The molecule has 1 heteroatoms. The summed E-state index contributed by atoms with van der Waals surface area (Å²) in [5.41, 5.74) is 3.23. The lowest BCUT2D eigenvalue weighted by atomic mass is 9.82. The predicted octanol–water partition coefficient (Wildman–Crippen LogP) is 3.64. The van der Waals surface area contributed by atoms with Crippen molar-refractivity contribution in [1.82, 2.24) is 0 Å². The number of aryl methyl sites for hydroxylation is 2. The molecule has 0 saturated heterocycles. The Labute approximate surface area is 99.5 Å². The van der Waals surface area contributed by atoms with Crippen molar-refractivity contribution in [3.05, 3.63) is 34.9 Å². The number of aliphatic hydroxyl groups is 1. The van der Waals surface area contributed by atoms with Crippen LogP contribution >= 0.6 is 0 Å². The molecule has 0 saturated carbocycles. The van der Waals surface area contributed by atoms with Crippen LogP contribution in [0.4, 0.5) is 0 Å². The van der Waals surface area contributed by atoms with Gasteiger partial charge in [0, 0.05) is 6.42 Å². The topological polar surface area (TPSA) is 20.2 Å². The van der Waals surface area contributed by atoms with Gasteiger partial charge >= 0.3 is 0 Å². The fourth-order valence-corrected chi connectivity index (χ4v) is 2.26. The first kappa shape index (κ1) is 13.2. The summed E-state index contributed by atoms with van der Waals surface area (Å²) in [5.74, 6) is 0.290. The van der Waals surface area contributed by atoms with Crippen LogP contribution < -0.4 is 0 Å². The van der Waals surface area contributed by atoms with Gasteiger partial charge in [0.05, 0.1) is 5.60 Å². The summed E-state index contributed by atoms with van der Waals surface area (Å²) >= 11 is 0. The zero-order chi connectivity index (χ0) is 12.3. The highest BCUT2D eigenvalue weighted by atomic mass is 16.3. The van der Waals surface area contributed by atoms with E-state index in [9.17, 15) is 5.11 Å². The Morgan fingerprint density at radius 1 is 1.12 bits per heavy atom. The zero-order valence-corrected chi connectivity index (χ0v) is 11.2. The molecule has 0 aliphatic rings. The highest BCUT2D eigenvalue weighted by Crippen LogP contribution is 2.26. The second-order valence-electron chi connectivity index (χ2n) is 5.28. The van der Waals surface area contributed by atoms with Gasteiger partial charge in [-0.3, -0.25) is 0 Å². The summed E-state index contributed by atoms with van der Waals surface area (Å²) in [6.45, 7) is 10.5. The number of benzene rings is 1. The van der Waals surface area contributed by atoms with Crippen molar-refractivity contribution in [3.8, 4) is 0 Å². The van der Waals surface area contributed by atoms with E-state index in [0.717, 1.165) is 12.8 Å². The molecular weight excluding hydrogens is 196 g/mol. The first-order valence-electron chi connectivity index (χ1n) is 6.17. The molecule has 0 aliphatic carbocycles. The monoisotopic (exact) mass is 220 g/mol. The van der Waals surface area contributed by atoms with E-state index in [0.29, 0.717) is 5.92 Å². The molecule has 16 heavy (non-hydrogen) atoms.